The molecule has 6 heteroatoms. The summed E-state index contributed by atoms with van der Waals surface area (Å²) in [6.07, 6.45) is 3.93. The molecule has 1 atom stereocenters. The Morgan fingerprint density at radius 2 is 2.14 bits per heavy atom. The van der Waals surface area contributed by atoms with E-state index >= 15 is 0 Å². The second kappa shape index (κ2) is 7.45. The van der Waals surface area contributed by atoms with Crippen LogP contribution in [0.1, 0.15) is 52.8 Å². The van der Waals surface area contributed by atoms with E-state index < -0.39 is 11.7 Å². The average molecular weight is 296 g/mol. The van der Waals surface area contributed by atoms with Gasteiger partial charge in [0.25, 0.3) is 0 Å². The van der Waals surface area contributed by atoms with Crippen LogP contribution >= 0.6 is 0 Å². The summed E-state index contributed by atoms with van der Waals surface area (Å²) in [6.45, 7) is 11.0. The van der Waals surface area contributed by atoms with Gasteiger partial charge in [-0.3, -0.25) is 0 Å². The molecule has 1 aromatic rings. The summed E-state index contributed by atoms with van der Waals surface area (Å²) in [4.78, 5) is 16.2. The summed E-state index contributed by atoms with van der Waals surface area (Å²) in [7, 11) is 0. The third-order valence-corrected chi connectivity index (χ3v) is 2.87. The van der Waals surface area contributed by atoms with Crippen LogP contribution in [0.15, 0.2) is 12.5 Å². The molecular formula is C15H28N4O2. The fourth-order valence-electron chi connectivity index (χ4n) is 2.12. The van der Waals surface area contributed by atoms with Crippen LogP contribution in [0.5, 0.6) is 0 Å². The number of imidazole rings is 1. The number of hydrogen-bond donors (Lipinski definition) is 2. The van der Waals surface area contributed by atoms with Gasteiger partial charge in [0, 0.05) is 13.1 Å². The lowest BCUT2D eigenvalue weighted by atomic mass is 10.0. The molecule has 0 aliphatic heterocycles. The van der Waals surface area contributed by atoms with E-state index in [0.29, 0.717) is 19.0 Å². The molecule has 3 N–H and O–H groups in total. The molecule has 1 amide bonds. The Kier molecular flexibility index (Phi) is 6.20. The van der Waals surface area contributed by atoms with Crippen LogP contribution in [-0.2, 0) is 11.3 Å². The number of nitrogens with one attached hydrogen (secondary N) is 1. The van der Waals surface area contributed by atoms with Crippen molar-refractivity contribution in [2.24, 2.45) is 11.7 Å². The van der Waals surface area contributed by atoms with Crippen molar-refractivity contribution in [3.63, 3.8) is 0 Å². The van der Waals surface area contributed by atoms with Crippen molar-refractivity contribution in [2.45, 2.75) is 59.2 Å². The Bertz CT molecular complexity index is 449. The van der Waals surface area contributed by atoms with E-state index in [1.807, 2.05) is 25.3 Å². The highest BCUT2D eigenvalue weighted by molar-refractivity contribution is 5.68. The molecule has 0 bridgehead atoms. The van der Waals surface area contributed by atoms with Crippen molar-refractivity contribution in [3.8, 4) is 0 Å². The van der Waals surface area contributed by atoms with Crippen LogP contribution < -0.4 is 11.1 Å². The maximum absolute atomic E-state index is 12.0. The smallest absolute Gasteiger partial charge is 0.408 e. The SMILES string of the molecule is CC(C)CC(NC(=O)OC(C)(C)C)c1cncn1CCN. The molecule has 1 aromatic heterocycles. The third-order valence-electron chi connectivity index (χ3n) is 2.87. The molecule has 120 valence electrons. The van der Waals surface area contributed by atoms with Gasteiger partial charge < -0.3 is 20.4 Å². The summed E-state index contributed by atoms with van der Waals surface area (Å²) in [5.41, 5.74) is 6.06. The molecule has 0 spiro atoms. The third kappa shape index (κ3) is 6.16. The maximum atomic E-state index is 12.0. The number of carbonyl (C=O) groups excluding carboxylic acids is 1. The lowest BCUT2D eigenvalue weighted by molar-refractivity contribution is 0.0495. The molecular weight excluding hydrogens is 268 g/mol. The summed E-state index contributed by atoms with van der Waals surface area (Å²) < 4.78 is 7.32. The molecule has 1 unspecified atom stereocenters. The van der Waals surface area contributed by atoms with Crippen molar-refractivity contribution >= 4 is 6.09 Å². The Morgan fingerprint density at radius 3 is 2.67 bits per heavy atom. The highest BCUT2D eigenvalue weighted by Crippen LogP contribution is 2.22. The zero-order chi connectivity index (χ0) is 16.0. The number of amides is 1. The van der Waals surface area contributed by atoms with Gasteiger partial charge in [-0.15, -0.1) is 0 Å². The molecule has 0 radical (unpaired) electrons. The highest BCUT2D eigenvalue weighted by Gasteiger charge is 2.23. The number of carbonyl (C=O) groups is 1. The van der Waals surface area contributed by atoms with Crippen molar-refractivity contribution in [1.29, 1.82) is 0 Å². The molecule has 0 fully saturated rings. The monoisotopic (exact) mass is 296 g/mol. The first-order chi connectivity index (χ1) is 9.73. The quantitative estimate of drug-likeness (QED) is 0.844. The number of rotatable bonds is 6. The Labute approximate surface area is 127 Å². The molecule has 0 saturated carbocycles. The fraction of sp³-hybridized carbons (Fsp3) is 0.733. The van der Waals surface area contributed by atoms with Crippen LogP contribution in [0.4, 0.5) is 4.79 Å². The first-order valence-electron chi connectivity index (χ1n) is 7.42. The molecule has 0 aliphatic rings. The number of ether oxygens (including phenoxy) is 1. The van der Waals surface area contributed by atoms with Crippen LogP contribution in [0.25, 0.3) is 0 Å². The molecule has 0 aromatic carbocycles. The first kappa shape index (κ1) is 17.5. The van der Waals surface area contributed by atoms with Gasteiger partial charge in [0.1, 0.15) is 5.60 Å². The van der Waals surface area contributed by atoms with E-state index in [1.165, 1.54) is 0 Å². The number of nitrogens with zero attached hydrogens (tertiary/aromatic N) is 2. The van der Waals surface area contributed by atoms with Crippen LogP contribution in [0.2, 0.25) is 0 Å². The predicted molar refractivity (Wildman–Crippen MR) is 82.8 cm³/mol. The lowest BCUT2D eigenvalue weighted by Crippen LogP contribution is -2.36. The molecule has 0 aliphatic carbocycles. The zero-order valence-electron chi connectivity index (χ0n) is 13.7. The van der Waals surface area contributed by atoms with Crippen LogP contribution in [-0.4, -0.2) is 27.8 Å². The summed E-state index contributed by atoms with van der Waals surface area (Å²) in [5.74, 6) is 0.436. The van der Waals surface area contributed by atoms with E-state index in [4.69, 9.17) is 10.5 Å². The Balaban J connectivity index is 2.85. The fourth-order valence-corrected chi connectivity index (χ4v) is 2.12. The van der Waals surface area contributed by atoms with Crippen molar-refractivity contribution in [3.05, 3.63) is 18.2 Å². The minimum atomic E-state index is -0.510. The van der Waals surface area contributed by atoms with Gasteiger partial charge in [-0.05, 0) is 33.1 Å². The van der Waals surface area contributed by atoms with E-state index in [2.05, 4.69) is 24.1 Å². The normalized spacial score (nSPS) is 13.3. The van der Waals surface area contributed by atoms with Crippen molar-refractivity contribution in [2.75, 3.05) is 6.54 Å². The summed E-state index contributed by atoms with van der Waals surface area (Å²) in [5, 5.41) is 2.94. The molecule has 0 saturated heterocycles. The number of aromatic nitrogens is 2. The molecule has 6 nitrogen and oxygen atoms in total. The molecule has 1 heterocycles. The minimum Gasteiger partial charge on any atom is -0.444 e. The van der Waals surface area contributed by atoms with Gasteiger partial charge in [0.15, 0.2) is 0 Å². The standard InChI is InChI=1S/C15H28N4O2/c1-11(2)8-12(18-14(20)21-15(3,4)5)13-9-17-10-19(13)7-6-16/h9-12H,6-8,16H2,1-5H3,(H,18,20). The second-order valence-corrected chi connectivity index (χ2v) is 6.63. The second-order valence-electron chi connectivity index (χ2n) is 6.63. The molecule has 1 rings (SSSR count). The largest absolute Gasteiger partial charge is 0.444 e. The van der Waals surface area contributed by atoms with Gasteiger partial charge in [-0.2, -0.15) is 0 Å². The maximum Gasteiger partial charge on any atom is 0.408 e. The van der Waals surface area contributed by atoms with E-state index in [9.17, 15) is 4.79 Å². The average Bonchev–Trinajstić information content (AvgIpc) is 2.73. The first-order valence-corrected chi connectivity index (χ1v) is 7.42. The lowest BCUT2D eigenvalue weighted by Gasteiger charge is -2.25. The van der Waals surface area contributed by atoms with Crippen LogP contribution in [0, 0.1) is 5.92 Å². The predicted octanol–water partition coefficient (Wildman–Crippen LogP) is 2.45. The van der Waals surface area contributed by atoms with Gasteiger partial charge in [-0.25, -0.2) is 9.78 Å². The minimum absolute atomic E-state index is 0.131. The molecule has 21 heavy (non-hydrogen) atoms. The van der Waals surface area contributed by atoms with Crippen LogP contribution in [0.3, 0.4) is 0 Å². The topological polar surface area (TPSA) is 82.2 Å². The summed E-state index contributed by atoms with van der Waals surface area (Å²) >= 11 is 0. The van der Waals surface area contributed by atoms with Gasteiger partial charge in [0.05, 0.1) is 24.3 Å². The zero-order valence-corrected chi connectivity index (χ0v) is 13.7. The number of nitrogens with two attached hydrogens (primary N) is 1. The van der Waals surface area contributed by atoms with Gasteiger partial charge in [0.2, 0.25) is 0 Å². The number of hydrogen-bond acceptors (Lipinski definition) is 4. The Morgan fingerprint density at radius 1 is 1.48 bits per heavy atom. The Hall–Kier alpha value is -1.56. The van der Waals surface area contributed by atoms with Gasteiger partial charge >= 0.3 is 6.09 Å². The van der Waals surface area contributed by atoms with Gasteiger partial charge in [-0.1, -0.05) is 13.8 Å². The highest BCUT2D eigenvalue weighted by atomic mass is 16.6. The van der Waals surface area contributed by atoms with E-state index in [1.54, 1.807) is 12.5 Å². The number of alkyl carbamates (subject to hydrolysis) is 1. The van der Waals surface area contributed by atoms with E-state index in [-0.39, 0.29) is 6.04 Å². The van der Waals surface area contributed by atoms with Crippen molar-refractivity contribution < 1.29 is 9.53 Å². The summed E-state index contributed by atoms with van der Waals surface area (Å²) in [6, 6.07) is -0.131. The van der Waals surface area contributed by atoms with Crippen molar-refractivity contribution in [1.82, 2.24) is 14.9 Å². The van der Waals surface area contributed by atoms with E-state index in [0.717, 1.165) is 12.1 Å².